The molecule has 0 unspecified atom stereocenters. The van der Waals surface area contributed by atoms with Gasteiger partial charge >= 0.3 is 0 Å². The van der Waals surface area contributed by atoms with Crippen LogP contribution in [0.2, 0.25) is 0 Å². The zero-order chi connectivity index (χ0) is 42.9. The van der Waals surface area contributed by atoms with Crippen LogP contribution in [0.3, 0.4) is 0 Å². The SMILES string of the molecule is c1ccc(-c2ccc3c(c2)S(c2ccccc2)(c2ccccc2)c2ccccc2N3c2cc3c4c(c2)N(c2ccccc2)c2ccccc2B4c2ccccc2N3c2ccccc2)cc1. The Morgan fingerprint density at radius 2 is 0.692 bits per heavy atom. The van der Waals surface area contributed by atoms with Gasteiger partial charge in [0.05, 0.1) is 17.1 Å². The van der Waals surface area contributed by atoms with Crippen LogP contribution in [0, 0.1) is 0 Å². The van der Waals surface area contributed by atoms with Gasteiger partial charge in [0.1, 0.15) is 0 Å². The maximum Gasteiger partial charge on any atom is 0.252 e. The van der Waals surface area contributed by atoms with E-state index in [0.717, 1.165) is 17.1 Å². The van der Waals surface area contributed by atoms with E-state index in [2.05, 4.69) is 269 Å². The number of benzene rings is 10. The first-order valence-electron chi connectivity index (χ1n) is 22.4. The van der Waals surface area contributed by atoms with E-state index in [1.807, 2.05) is 0 Å². The van der Waals surface area contributed by atoms with Crippen LogP contribution < -0.4 is 31.1 Å². The summed E-state index contributed by atoms with van der Waals surface area (Å²) in [5.74, 6) is 0. The van der Waals surface area contributed by atoms with E-state index >= 15 is 0 Å². The monoisotopic (exact) mass is 847 g/mol. The summed E-state index contributed by atoms with van der Waals surface area (Å²) in [6.07, 6.45) is 0. The van der Waals surface area contributed by atoms with Crippen molar-refractivity contribution in [2.24, 2.45) is 0 Å². The van der Waals surface area contributed by atoms with Crippen LogP contribution in [0.4, 0.5) is 51.2 Å². The maximum atomic E-state index is 2.57. The third-order valence-electron chi connectivity index (χ3n) is 13.4. The highest BCUT2D eigenvalue weighted by molar-refractivity contribution is 8.34. The molecular formula is C60H42BN3S. The molecule has 0 fully saturated rings. The lowest BCUT2D eigenvalue weighted by Gasteiger charge is -2.50. The molecule has 0 bridgehead atoms. The number of nitrogens with zero attached hydrogens (tertiary/aromatic N) is 3. The van der Waals surface area contributed by atoms with Gasteiger partial charge in [-0.25, -0.2) is 0 Å². The Morgan fingerprint density at radius 3 is 1.23 bits per heavy atom. The molecule has 0 amide bonds. The molecule has 0 aliphatic carbocycles. The Labute approximate surface area is 382 Å². The Bertz CT molecular complexity index is 3250. The normalized spacial score (nSPS) is 14.3. The van der Waals surface area contributed by atoms with Gasteiger partial charge in [0.25, 0.3) is 6.71 Å². The highest BCUT2D eigenvalue weighted by Gasteiger charge is 2.46. The number of fused-ring (bicyclic) bond motifs is 6. The lowest BCUT2D eigenvalue weighted by atomic mass is 9.33. The zero-order valence-corrected chi connectivity index (χ0v) is 36.4. The molecule has 3 aliphatic heterocycles. The molecule has 0 radical (unpaired) electrons. The van der Waals surface area contributed by atoms with Gasteiger partial charge in [-0.2, -0.15) is 0 Å². The maximum absolute atomic E-state index is 2.57. The van der Waals surface area contributed by atoms with Gasteiger partial charge in [0, 0.05) is 53.7 Å². The summed E-state index contributed by atoms with van der Waals surface area (Å²) in [5.41, 5.74) is 16.8. The van der Waals surface area contributed by atoms with Crippen molar-refractivity contribution in [3.63, 3.8) is 0 Å². The summed E-state index contributed by atoms with van der Waals surface area (Å²) in [5, 5.41) is 0. The van der Waals surface area contributed by atoms with Crippen molar-refractivity contribution in [3.05, 3.63) is 255 Å². The topological polar surface area (TPSA) is 9.72 Å². The highest BCUT2D eigenvalue weighted by Crippen LogP contribution is 2.79. The first-order chi connectivity index (χ1) is 32.3. The molecular weight excluding hydrogens is 806 g/mol. The summed E-state index contributed by atoms with van der Waals surface area (Å²) >= 11 is 0. The van der Waals surface area contributed by atoms with E-state index in [4.69, 9.17) is 0 Å². The van der Waals surface area contributed by atoms with Gasteiger partial charge in [0.15, 0.2) is 0 Å². The molecule has 0 spiro atoms. The molecule has 65 heavy (non-hydrogen) atoms. The van der Waals surface area contributed by atoms with Gasteiger partial charge in [-0.1, -0.05) is 158 Å². The predicted octanol–water partition coefficient (Wildman–Crippen LogP) is 14.6. The van der Waals surface area contributed by atoms with Gasteiger partial charge in [-0.3, -0.25) is 0 Å². The van der Waals surface area contributed by atoms with Crippen LogP contribution in [0.15, 0.2) is 274 Å². The van der Waals surface area contributed by atoms with Crippen molar-refractivity contribution < 1.29 is 0 Å². The Morgan fingerprint density at radius 1 is 0.277 bits per heavy atom. The van der Waals surface area contributed by atoms with Crippen molar-refractivity contribution in [2.45, 2.75) is 19.6 Å². The van der Waals surface area contributed by atoms with Gasteiger partial charge in [-0.15, -0.1) is 10.0 Å². The van der Waals surface area contributed by atoms with Crippen LogP contribution in [-0.2, 0) is 0 Å². The molecule has 306 valence electrons. The summed E-state index contributed by atoms with van der Waals surface area (Å²) in [6, 6.07) is 94.6. The van der Waals surface area contributed by atoms with Crippen molar-refractivity contribution in [3.8, 4) is 11.1 Å². The van der Waals surface area contributed by atoms with Crippen molar-refractivity contribution in [1.82, 2.24) is 0 Å². The lowest BCUT2D eigenvalue weighted by molar-refractivity contribution is 1.12. The Balaban J connectivity index is 1.16. The molecule has 3 aliphatic rings. The molecule has 0 aromatic heterocycles. The quantitative estimate of drug-likeness (QED) is 0.154. The molecule has 0 saturated carbocycles. The smallest absolute Gasteiger partial charge is 0.252 e. The third-order valence-corrected chi connectivity index (χ3v) is 17.4. The first kappa shape index (κ1) is 37.6. The van der Waals surface area contributed by atoms with Crippen molar-refractivity contribution in [1.29, 1.82) is 0 Å². The molecule has 13 rings (SSSR count). The Hall–Kier alpha value is -7.99. The zero-order valence-electron chi connectivity index (χ0n) is 35.6. The van der Waals surface area contributed by atoms with E-state index in [1.165, 1.54) is 81.2 Å². The highest BCUT2D eigenvalue weighted by atomic mass is 32.3. The average Bonchev–Trinajstić information content (AvgIpc) is 3.39. The van der Waals surface area contributed by atoms with E-state index in [9.17, 15) is 0 Å². The Kier molecular flexibility index (Phi) is 8.72. The van der Waals surface area contributed by atoms with Crippen LogP contribution in [-0.4, -0.2) is 6.71 Å². The summed E-state index contributed by atoms with van der Waals surface area (Å²) in [6.45, 7) is 0.0315. The lowest BCUT2D eigenvalue weighted by Crippen LogP contribution is -2.61. The van der Waals surface area contributed by atoms with E-state index < -0.39 is 10.0 Å². The molecule has 10 aromatic rings. The fourth-order valence-corrected chi connectivity index (χ4v) is 15.0. The summed E-state index contributed by atoms with van der Waals surface area (Å²) in [4.78, 5) is 12.8. The van der Waals surface area contributed by atoms with Gasteiger partial charge in [0.2, 0.25) is 0 Å². The van der Waals surface area contributed by atoms with E-state index in [0.29, 0.717) is 0 Å². The van der Waals surface area contributed by atoms with Crippen LogP contribution in [0.5, 0.6) is 0 Å². The van der Waals surface area contributed by atoms with Gasteiger partial charge < -0.3 is 14.7 Å². The fourth-order valence-electron chi connectivity index (χ4n) is 10.8. The summed E-state index contributed by atoms with van der Waals surface area (Å²) < 4.78 is 0. The number of para-hydroxylation sites is 5. The second-order valence-electron chi connectivity index (χ2n) is 16.9. The van der Waals surface area contributed by atoms with E-state index in [1.54, 1.807) is 0 Å². The van der Waals surface area contributed by atoms with Crippen LogP contribution in [0.25, 0.3) is 11.1 Å². The number of hydrogen-bond acceptors (Lipinski definition) is 3. The van der Waals surface area contributed by atoms with Crippen LogP contribution >= 0.6 is 10.0 Å². The largest absolute Gasteiger partial charge is 0.311 e. The number of hydrogen-bond donors (Lipinski definition) is 0. The molecule has 5 heteroatoms. The number of rotatable bonds is 6. The minimum Gasteiger partial charge on any atom is -0.311 e. The van der Waals surface area contributed by atoms with Crippen LogP contribution in [0.1, 0.15) is 0 Å². The molecule has 10 aromatic carbocycles. The predicted molar refractivity (Wildman–Crippen MR) is 274 cm³/mol. The molecule has 0 N–H and O–H groups in total. The number of anilines is 9. The first-order valence-corrected chi connectivity index (χ1v) is 24.0. The van der Waals surface area contributed by atoms with E-state index in [-0.39, 0.29) is 6.71 Å². The second-order valence-corrected chi connectivity index (χ2v) is 19.9. The second kappa shape index (κ2) is 15.1. The standard InChI is InChI=1S/C60H42BN3S/c1-6-22-43(23-7-1)44-38-39-55-59(40-44)65(48-28-12-4-13-29-48,49-30-14-5-15-31-49)58-37-21-20-36-54(58)64(55)47-41-56-60-57(42-47)63(46-26-10-3-11-27-46)53-35-19-17-33-51(53)61(60)50-32-16-18-34-52(50)62(56)45-24-8-2-9-25-45/h1-42H. The molecule has 3 nitrogen and oxygen atoms in total. The molecule has 3 heterocycles. The molecule has 0 atom stereocenters. The third kappa shape index (κ3) is 5.65. The van der Waals surface area contributed by atoms with Crippen molar-refractivity contribution in [2.75, 3.05) is 14.7 Å². The molecule has 0 saturated heterocycles. The average molecular weight is 848 g/mol. The minimum absolute atomic E-state index is 0.0315. The fraction of sp³-hybridized carbons (Fsp3) is 0. The van der Waals surface area contributed by atoms with Gasteiger partial charge in [-0.05, 0) is 125 Å². The summed E-state index contributed by atoms with van der Waals surface area (Å²) in [7, 11) is -2.03. The minimum atomic E-state index is -2.03. The van der Waals surface area contributed by atoms with Crippen molar-refractivity contribution >= 4 is 84.3 Å².